The Labute approximate surface area is 149 Å². The van der Waals surface area contributed by atoms with Crippen LogP contribution in [-0.2, 0) is 16.4 Å². The fourth-order valence-electron chi connectivity index (χ4n) is 3.20. The molecule has 24 heavy (non-hydrogen) atoms. The fourth-order valence-corrected chi connectivity index (χ4v) is 4.78. The summed E-state index contributed by atoms with van der Waals surface area (Å²) in [6, 6.07) is 11.0. The molecule has 1 atom stereocenters. The van der Waals surface area contributed by atoms with Crippen molar-refractivity contribution in [1.82, 2.24) is 4.72 Å². The first-order valence-electron chi connectivity index (χ1n) is 7.85. The van der Waals surface area contributed by atoms with Gasteiger partial charge < -0.3 is 5.73 Å². The Balaban J connectivity index is 0.00000208. The van der Waals surface area contributed by atoms with Crippen molar-refractivity contribution in [2.75, 3.05) is 5.73 Å². The van der Waals surface area contributed by atoms with E-state index in [0.29, 0.717) is 4.90 Å². The van der Waals surface area contributed by atoms with Crippen LogP contribution < -0.4 is 10.5 Å². The summed E-state index contributed by atoms with van der Waals surface area (Å²) in [5.41, 5.74) is 10.5. The zero-order valence-electron chi connectivity index (χ0n) is 13.9. The lowest BCUT2D eigenvalue weighted by Gasteiger charge is -2.27. The molecule has 0 spiro atoms. The molecule has 130 valence electrons. The van der Waals surface area contributed by atoms with E-state index < -0.39 is 10.0 Å². The largest absolute Gasteiger partial charge is 0.399 e. The number of rotatable bonds is 3. The minimum Gasteiger partial charge on any atom is -0.399 e. The monoisotopic (exact) mass is 366 g/mol. The summed E-state index contributed by atoms with van der Waals surface area (Å²) in [5.74, 6) is 0. The van der Waals surface area contributed by atoms with Gasteiger partial charge in [0.2, 0.25) is 10.0 Å². The molecular formula is C18H23ClN2O2S. The predicted molar refractivity (Wildman–Crippen MR) is 100 cm³/mol. The van der Waals surface area contributed by atoms with Crippen molar-refractivity contribution in [3.63, 3.8) is 0 Å². The lowest BCUT2D eigenvalue weighted by atomic mass is 9.88. The van der Waals surface area contributed by atoms with E-state index in [2.05, 4.69) is 4.72 Å². The van der Waals surface area contributed by atoms with Gasteiger partial charge in [-0.3, -0.25) is 0 Å². The molecule has 2 aromatic carbocycles. The molecule has 0 fully saturated rings. The molecule has 6 heteroatoms. The second-order valence-corrected chi connectivity index (χ2v) is 7.98. The van der Waals surface area contributed by atoms with Gasteiger partial charge in [0.05, 0.1) is 4.90 Å². The molecule has 1 unspecified atom stereocenters. The number of fused-ring (bicyclic) bond motifs is 1. The number of aryl methyl sites for hydroxylation is 3. The zero-order valence-corrected chi connectivity index (χ0v) is 15.5. The lowest BCUT2D eigenvalue weighted by molar-refractivity contribution is 0.507. The Morgan fingerprint density at radius 3 is 2.62 bits per heavy atom. The van der Waals surface area contributed by atoms with E-state index in [1.165, 1.54) is 0 Å². The number of nitrogens with one attached hydrogen (secondary N) is 1. The van der Waals surface area contributed by atoms with Crippen molar-refractivity contribution in [2.24, 2.45) is 0 Å². The van der Waals surface area contributed by atoms with E-state index in [1.54, 1.807) is 6.07 Å². The summed E-state index contributed by atoms with van der Waals surface area (Å²) in [6.07, 6.45) is 2.71. The van der Waals surface area contributed by atoms with Crippen LogP contribution in [0.3, 0.4) is 0 Å². The molecule has 4 nitrogen and oxygen atoms in total. The van der Waals surface area contributed by atoms with E-state index in [4.69, 9.17) is 5.73 Å². The summed E-state index contributed by atoms with van der Waals surface area (Å²) in [5, 5.41) is 0. The average Bonchev–Trinajstić information content (AvgIpc) is 2.49. The normalized spacial score (nSPS) is 17.0. The van der Waals surface area contributed by atoms with E-state index in [9.17, 15) is 8.42 Å². The van der Waals surface area contributed by atoms with Gasteiger partial charge in [-0.05, 0) is 73.6 Å². The molecule has 2 aromatic rings. The van der Waals surface area contributed by atoms with Gasteiger partial charge in [-0.15, -0.1) is 12.4 Å². The van der Waals surface area contributed by atoms with E-state index in [-0.39, 0.29) is 18.4 Å². The van der Waals surface area contributed by atoms with Crippen LogP contribution in [0.2, 0.25) is 0 Å². The third-order valence-electron chi connectivity index (χ3n) is 4.41. The smallest absolute Gasteiger partial charge is 0.241 e. The Kier molecular flexibility index (Phi) is 5.58. The molecule has 3 N–H and O–H groups in total. The van der Waals surface area contributed by atoms with Gasteiger partial charge in [-0.2, -0.15) is 0 Å². The number of nitrogens with two attached hydrogens (primary N) is 1. The highest BCUT2D eigenvalue weighted by Gasteiger charge is 2.26. The third kappa shape index (κ3) is 3.74. The van der Waals surface area contributed by atoms with Crippen molar-refractivity contribution in [2.45, 2.75) is 44.0 Å². The first-order chi connectivity index (χ1) is 10.9. The highest BCUT2D eigenvalue weighted by atomic mass is 35.5. The van der Waals surface area contributed by atoms with Gasteiger partial charge in [0.1, 0.15) is 0 Å². The Morgan fingerprint density at radius 2 is 1.88 bits per heavy atom. The number of nitrogen functional groups attached to an aromatic ring is 1. The molecule has 0 bridgehead atoms. The minimum absolute atomic E-state index is 0. The summed E-state index contributed by atoms with van der Waals surface area (Å²) in [6.45, 7) is 3.72. The van der Waals surface area contributed by atoms with Gasteiger partial charge >= 0.3 is 0 Å². The molecule has 0 saturated heterocycles. The quantitative estimate of drug-likeness (QED) is 0.814. The number of hydrogen-bond donors (Lipinski definition) is 2. The highest BCUT2D eigenvalue weighted by Crippen LogP contribution is 2.32. The van der Waals surface area contributed by atoms with Crippen LogP contribution in [0.1, 0.15) is 41.1 Å². The number of benzene rings is 2. The topological polar surface area (TPSA) is 72.2 Å². The Morgan fingerprint density at radius 1 is 1.12 bits per heavy atom. The maximum atomic E-state index is 12.8. The molecule has 0 amide bonds. The second kappa shape index (κ2) is 7.13. The first kappa shape index (κ1) is 18.8. The predicted octanol–water partition coefficient (Wildman–Crippen LogP) is 3.66. The van der Waals surface area contributed by atoms with Crippen molar-refractivity contribution >= 4 is 28.1 Å². The van der Waals surface area contributed by atoms with Crippen LogP contribution in [0.4, 0.5) is 5.69 Å². The SMILES string of the molecule is Cc1ccc(C)c(S(=O)(=O)NC2CCCc3cc(N)ccc32)c1.Cl. The molecule has 0 saturated carbocycles. The maximum absolute atomic E-state index is 12.8. The van der Waals surface area contributed by atoms with E-state index in [1.807, 2.05) is 44.2 Å². The highest BCUT2D eigenvalue weighted by molar-refractivity contribution is 7.89. The minimum atomic E-state index is -3.55. The van der Waals surface area contributed by atoms with Crippen LogP contribution in [0.25, 0.3) is 0 Å². The summed E-state index contributed by atoms with van der Waals surface area (Å²) < 4.78 is 28.5. The molecule has 1 aliphatic carbocycles. The van der Waals surface area contributed by atoms with Crippen LogP contribution in [0.5, 0.6) is 0 Å². The molecule has 0 aromatic heterocycles. The Hall–Kier alpha value is -1.56. The molecular weight excluding hydrogens is 344 g/mol. The van der Waals surface area contributed by atoms with Crippen molar-refractivity contribution in [3.8, 4) is 0 Å². The van der Waals surface area contributed by atoms with Crippen LogP contribution in [0.15, 0.2) is 41.3 Å². The van der Waals surface area contributed by atoms with Crippen LogP contribution in [-0.4, -0.2) is 8.42 Å². The second-order valence-electron chi connectivity index (χ2n) is 6.29. The number of anilines is 1. The summed E-state index contributed by atoms with van der Waals surface area (Å²) in [4.78, 5) is 0.361. The van der Waals surface area contributed by atoms with Crippen LogP contribution in [0, 0.1) is 13.8 Å². The molecule has 0 radical (unpaired) electrons. The van der Waals surface area contributed by atoms with Crippen molar-refractivity contribution < 1.29 is 8.42 Å². The molecule has 3 rings (SSSR count). The van der Waals surface area contributed by atoms with E-state index >= 15 is 0 Å². The maximum Gasteiger partial charge on any atom is 0.241 e. The number of halogens is 1. The first-order valence-corrected chi connectivity index (χ1v) is 9.33. The van der Waals surface area contributed by atoms with Crippen LogP contribution >= 0.6 is 12.4 Å². The van der Waals surface area contributed by atoms with Gasteiger partial charge in [-0.25, -0.2) is 13.1 Å². The zero-order chi connectivity index (χ0) is 16.6. The number of hydrogen-bond acceptors (Lipinski definition) is 3. The van der Waals surface area contributed by atoms with Crippen molar-refractivity contribution in [1.29, 1.82) is 0 Å². The lowest BCUT2D eigenvalue weighted by Crippen LogP contribution is -2.31. The van der Waals surface area contributed by atoms with Crippen molar-refractivity contribution in [3.05, 3.63) is 58.7 Å². The van der Waals surface area contributed by atoms with Gasteiger partial charge in [0.15, 0.2) is 0 Å². The molecule has 1 aliphatic rings. The standard InChI is InChI=1S/C18H22N2O2S.ClH/c1-12-6-7-13(2)18(10-12)23(21,22)20-17-5-3-4-14-11-15(19)8-9-16(14)17;/h6-11,17,20H,3-5,19H2,1-2H3;1H. The number of sulfonamides is 1. The van der Waals surface area contributed by atoms with Gasteiger partial charge in [-0.1, -0.05) is 18.2 Å². The fraction of sp³-hybridized carbons (Fsp3) is 0.333. The third-order valence-corrected chi connectivity index (χ3v) is 6.03. The average molecular weight is 367 g/mol. The van der Waals surface area contributed by atoms with E-state index in [0.717, 1.165) is 47.2 Å². The summed E-state index contributed by atoms with van der Waals surface area (Å²) in [7, 11) is -3.55. The van der Waals surface area contributed by atoms with Gasteiger partial charge in [0.25, 0.3) is 0 Å². The Bertz CT molecular complexity index is 850. The summed E-state index contributed by atoms with van der Waals surface area (Å²) >= 11 is 0. The molecule has 0 heterocycles. The van der Waals surface area contributed by atoms with Gasteiger partial charge in [0, 0.05) is 11.7 Å². The molecule has 0 aliphatic heterocycles.